The molecule has 0 bridgehead atoms. The first-order valence-electron chi connectivity index (χ1n) is 7.57. The summed E-state index contributed by atoms with van der Waals surface area (Å²) in [7, 11) is 0. The molecule has 0 aromatic heterocycles. The molecule has 2 atom stereocenters. The highest BCUT2D eigenvalue weighted by Crippen LogP contribution is 2.21. The van der Waals surface area contributed by atoms with Gasteiger partial charge in [0.2, 0.25) is 0 Å². The number of rotatable bonds is 5. The molecular weight excluding hydrogens is 258 g/mol. The lowest BCUT2D eigenvalue weighted by Gasteiger charge is -2.37. The number of piperazine rings is 1. The van der Waals surface area contributed by atoms with Crippen molar-refractivity contribution in [3.05, 3.63) is 0 Å². The smallest absolute Gasteiger partial charge is 0.317 e. The molecule has 6 heteroatoms. The van der Waals surface area contributed by atoms with Gasteiger partial charge in [-0.3, -0.25) is 9.69 Å². The first-order valence-corrected chi connectivity index (χ1v) is 7.57. The van der Waals surface area contributed by atoms with E-state index in [1.165, 1.54) is 19.4 Å². The number of fused-ring (bicyclic) bond motifs is 1. The maximum Gasteiger partial charge on any atom is 0.317 e. The Labute approximate surface area is 120 Å². The highest BCUT2D eigenvalue weighted by Gasteiger charge is 2.32. The molecule has 114 valence electrons. The van der Waals surface area contributed by atoms with E-state index in [9.17, 15) is 9.59 Å². The number of carboxylic acids is 1. The van der Waals surface area contributed by atoms with Crippen molar-refractivity contribution in [3.8, 4) is 0 Å². The summed E-state index contributed by atoms with van der Waals surface area (Å²) >= 11 is 0. The van der Waals surface area contributed by atoms with Crippen molar-refractivity contribution in [1.82, 2.24) is 15.1 Å². The first-order chi connectivity index (χ1) is 9.58. The van der Waals surface area contributed by atoms with Gasteiger partial charge in [0.25, 0.3) is 0 Å². The first kappa shape index (κ1) is 15.1. The second-order valence-electron chi connectivity index (χ2n) is 5.89. The van der Waals surface area contributed by atoms with Crippen LogP contribution in [0.4, 0.5) is 4.79 Å². The van der Waals surface area contributed by atoms with Crippen LogP contribution in [0.1, 0.15) is 32.6 Å². The summed E-state index contributed by atoms with van der Waals surface area (Å²) in [6.07, 6.45) is 3.75. The predicted octanol–water partition coefficient (Wildman–Crippen LogP) is 0.977. The van der Waals surface area contributed by atoms with E-state index < -0.39 is 5.97 Å². The summed E-state index contributed by atoms with van der Waals surface area (Å²) in [5.74, 6) is -1.11. The molecule has 0 saturated carbocycles. The molecule has 2 rings (SSSR count). The summed E-state index contributed by atoms with van der Waals surface area (Å²) in [4.78, 5) is 27.1. The number of amides is 2. The normalized spacial score (nSPS) is 24.2. The number of carbonyl (C=O) groups excluding carboxylic acids is 1. The summed E-state index contributed by atoms with van der Waals surface area (Å²) in [6.45, 7) is 6.04. The average molecular weight is 283 g/mol. The quantitative estimate of drug-likeness (QED) is 0.738. The zero-order valence-corrected chi connectivity index (χ0v) is 12.2. The minimum atomic E-state index is -0.770. The second kappa shape index (κ2) is 6.92. The van der Waals surface area contributed by atoms with Gasteiger partial charge in [-0.25, -0.2) is 4.79 Å². The Morgan fingerprint density at radius 1 is 1.35 bits per heavy atom. The lowest BCUT2D eigenvalue weighted by atomic mass is 10.1. The predicted molar refractivity (Wildman–Crippen MR) is 75.6 cm³/mol. The third kappa shape index (κ3) is 3.85. The van der Waals surface area contributed by atoms with Gasteiger partial charge in [-0.1, -0.05) is 6.92 Å². The number of urea groups is 1. The molecule has 2 amide bonds. The largest absolute Gasteiger partial charge is 0.481 e. The van der Waals surface area contributed by atoms with E-state index in [0.717, 1.165) is 19.6 Å². The van der Waals surface area contributed by atoms with Gasteiger partial charge in [0.1, 0.15) is 0 Å². The van der Waals surface area contributed by atoms with Gasteiger partial charge in [0.15, 0.2) is 0 Å². The maximum absolute atomic E-state index is 12.0. The van der Waals surface area contributed by atoms with Crippen molar-refractivity contribution in [3.63, 3.8) is 0 Å². The molecule has 2 aliphatic rings. The number of carbonyl (C=O) groups is 2. The topological polar surface area (TPSA) is 72.9 Å². The van der Waals surface area contributed by atoms with Crippen LogP contribution in [-0.4, -0.2) is 65.7 Å². The van der Waals surface area contributed by atoms with Gasteiger partial charge in [0, 0.05) is 32.2 Å². The summed E-state index contributed by atoms with van der Waals surface area (Å²) in [5, 5.41) is 11.7. The zero-order valence-electron chi connectivity index (χ0n) is 12.2. The molecule has 0 aromatic rings. The molecule has 2 saturated heterocycles. The van der Waals surface area contributed by atoms with Gasteiger partial charge in [-0.2, -0.15) is 0 Å². The van der Waals surface area contributed by atoms with E-state index in [0.29, 0.717) is 25.4 Å². The number of carboxylic acid groups (broad SMARTS) is 1. The van der Waals surface area contributed by atoms with Gasteiger partial charge in [-0.15, -0.1) is 0 Å². The van der Waals surface area contributed by atoms with E-state index in [1.807, 2.05) is 4.90 Å². The van der Waals surface area contributed by atoms with Crippen LogP contribution in [0.15, 0.2) is 0 Å². The molecule has 2 unspecified atom stereocenters. The van der Waals surface area contributed by atoms with Crippen LogP contribution in [-0.2, 0) is 4.79 Å². The molecular formula is C14H25N3O3. The lowest BCUT2D eigenvalue weighted by Crippen LogP contribution is -2.54. The maximum atomic E-state index is 12.0. The van der Waals surface area contributed by atoms with Gasteiger partial charge >= 0.3 is 12.0 Å². The van der Waals surface area contributed by atoms with Gasteiger partial charge in [0.05, 0.1) is 5.92 Å². The van der Waals surface area contributed by atoms with Crippen LogP contribution in [0.3, 0.4) is 0 Å². The average Bonchev–Trinajstić information content (AvgIpc) is 2.90. The number of nitrogens with one attached hydrogen (secondary N) is 1. The Kier molecular flexibility index (Phi) is 5.23. The number of hydrogen-bond donors (Lipinski definition) is 2. The molecule has 2 heterocycles. The van der Waals surface area contributed by atoms with E-state index in [1.54, 1.807) is 6.92 Å². The van der Waals surface area contributed by atoms with E-state index in [-0.39, 0.29) is 11.9 Å². The van der Waals surface area contributed by atoms with Gasteiger partial charge < -0.3 is 15.3 Å². The van der Waals surface area contributed by atoms with Crippen LogP contribution in [0.2, 0.25) is 0 Å². The van der Waals surface area contributed by atoms with Crippen molar-refractivity contribution in [2.24, 2.45) is 5.92 Å². The van der Waals surface area contributed by atoms with Gasteiger partial charge in [-0.05, 0) is 32.2 Å². The Hall–Kier alpha value is -1.30. The van der Waals surface area contributed by atoms with E-state index >= 15 is 0 Å². The molecule has 2 fully saturated rings. The Bertz CT molecular complexity index is 362. The Morgan fingerprint density at radius 3 is 2.90 bits per heavy atom. The number of nitrogens with zero attached hydrogens (tertiary/aromatic N) is 2. The minimum Gasteiger partial charge on any atom is -0.481 e. The zero-order chi connectivity index (χ0) is 14.5. The fourth-order valence-electron chi connectivity index (χ4n) is 3.01. The third-order valence-corrected chi connectivity index (χ3v) is 4.39. The van der Waals surface area contributed by atoms with Crippen molar-refractivity contribution < 1.29 is 14.7 Å². The Balaban J connectivity index is 1.64. The van der Waals surface area contributed by atoms with Crippen LogP contribution < -0.4 is 5.32 Å². The highest BCUT2D eigenvalue weighted by atomic mass is 16.4. The van der Waals surface area contributed by atoms with Crippen molar-refractivity contribution >= 4 is 12.0 Å². The molecule has 2 aliphatic heterocycles. The fraction of sp³-hybridized carbons (Fsp3) is 0.857. The summed E-state index contributed by atoms with van der Waals surface area (Å²) < 4.78 is 0. The number of aliphatic carboxylic acids is 1. The SMILES string of the molecule is CC(CCCNC(=O)N1CCN2CCCC2C1)C(=O)O. The molecule has 0 aromatic carbocycles. The van der Waals surface area contributed by atoms with Crippen LogP contribution >= 0.6 is 0 Å². The lowest BCUT2D eigenvalue weighted by molar-refractivity contribution is -0.141. The van der Waals surface area contributed by atoms with Crippen molar-refractivity contribution in [1.29, 1.82) is 0 Å². The summed E-state index contributed by atoms with van der Waals surface area (Å²) in [6, 6.07) is 0.543. The third-order valence-electron chi connectivity index (χ3n) is 4.39. The molecule has 6 nitrogen and oxygen atoms in total. The summed E-state index contributed by atoms with van der Waals surface area (Å²) in [5.41, 5.74) is 0. The number of hydrogen-bond acceptors (Lipinski definition) is 3. The van der Waals surface area contributed by atoms with Crippen LogP contribution in [0, 0.1) is 5.92 Å². The van der Waals surface area contributed by atoms with E-state index in [2.05, 4.69) is 10.2 Å². The minimum absolute atomic E-state index is 0.000437. The van der Waals surface area contributed by atoms with Crippen LogP contribution in [0.25, 0.3) is 0 Å². The molecule has 2 N–H and O–H groups in total. The molecule has 0 aliphatic carbocycles. The second-order valence-corrected chi connectivity index (χ2v) is 5.89. The highest BCUT2D eigenvalue weighted by molar-refractivity contribution is 5.74. The van der Waals surface area contributed by atoms with E-state index in [4.69, 9.17) is 5.11 Å². The fourth-order valence-corrected chi connectivity index (χ4v) is 3.01. The van der Waals surface area contributed by atoms with Crippen LogP contribution in [0.5, 0.6) is 0 Å². The molecule has 20 heavy (non-hydrogen) atoms. The Morgan fingerprint density at radius 2 is 2.15 bits per heavy atom. The molecule has 0 radical (unpaired) electrons. The standard InChI is InChI=1S/C14H25N3O3/c1-11(13(18)19)4-2-6-15-14(20)17-9-8-16-7-3-5-12(16)10-17/h11-12H,2-10H2,1H3,(H,15,20)(H,18,19). The van der Waals surface area contributed by atoms with Crippen molar-refractivity contribution in [2.45, 2.75) is 38.6 Å². The molecule has 0 spiro atoms. The monoisotopic (exact) mass is 283 g/mol. The van der Waals surface area contributed by atoms with Crippen molar-refractivity contribution in [2.75, 3.05) is 32.7 Å².